The Labute approximate surface area is 141 Å². The van der Waals surface area contributed by atoms with Crippen molar-refractivity contribution in [3.05, 3.63) is 58.4 Å². The zero-order valence-electron chi connectivity index (χ0n) is 14.2. The molecule has 2 amide bonds. The maximum Gasteiger partial charge on any atom is 0.257 e. The first-order valence-corrected chi connectivity index (χ1v) is 8.05. The molecule has 1 aromatic heterocycles. The highest BCUT2D eigenvalue weighted by atomic mass is 16.2. The summed E-state index contributed by atoms with van der Waals surface area (Å²) in [6.07, 6.45) is 4.04. The zero-order chi connectivity index (χ0) is 17.3. The van der Waals surface area contributed by atoms with Gasteiger partial charge in [0.2, 0.25) is 5.91 Å². The Morgan fingerprint density at radius 3 is 2.75 bits per heavy atom. The number of amides is 2. The van der Waals surface area contributed by atoms with Crippen molar-refractivity contribution in [1.29, 1.82) is 0 Å². The fraction of sp³-hybridized carbons (Fsp3) is 0.316. The Bertz CT molecular complexity index is 814. The lowest BCUT2D eigenvalue weighted by Gasteiger charge is -2.28. The van der Waals surface area contributed by atoms with Crippen LogP contribution in [-0.2, 0) is 17.8 Å². The molecule has 2 heterocycles. The SMILES string of the molecule is CC(=O)N1CCc2c(cncc2C(=O)Nc2cc(C)ccc2C)C1. The molecule has 0 saturated carbocycles. The molecule has 5 heteroatoms. The van der Waals surface area contributed by atoms with Gasteiger partial charge in [-0.1, -0.05) is 12.1 Å². The number of aryl methyl sites for hydroxylation is 2. The van der Waals surface area contributed by atoms with Crippen molar-refractivity contribution in [1.82, 2.24) is 9.88 Å². The number of carbonyl (C=O) groups excluding carboxylic acids is 2. The second-order valence-electron chi connectivity index (χ2n) is 6.29. The summed E-state index contributed by atoms with van der Waals surface area (Å²) in [6, 6.07) is 5.98. The van der Waals surface area contributed by atoms with Crippen LogP contribution in [0.2, 0.25) is 0 Å². The van der Waals surface area contributed by atoms with E-state index in [-0.39, 0.29) is 11.8 Å². The Balaban J connectivity index is 1.88. The lowest BCUT2D eigenvalue weighted by atomic mass is 9.96. The molecule has 0 atom stereocenters. The Kier molecular flexibility index (Phi) is 4.34. The van der Waals surface area contributed by atoms with Crippen LogP contribution in [0.5, 0.6) is 0 Å². The molecule has 124 valence electrons. The summed E-state index contributed by atoms with van der Waals surface area (Å²) in [6.45, 7) is 6.68. The van der Waals surface area contributed by atoms with Gasteiger partial charge in [0.15, 0.2) is 0 Å². The van der Waals surface area contributed by atoms with Crippen LogP contribution in [0.25, 0.3) is 0 Å². The summed E-state index contributed by atoms with van der Waals surface area (Å²) in [5.74, 6) is -0.102. The van der Waals surface area contributed by atoms with Gasteiger partial charge in [-0.15, -0.1) is 0 Å². The fourth-order valence-corrected chi connectivity index (χ4v) is 3.02. The number of anilines is 1. The van der Waals surface area contributed by atoms with E-state index in [9.17, 15) is 9.59 Å². The predicted octanol–water partition coefficient (Wildman–Crippen LogP) is 2.86. The van der Waals surface area contributed by atoms with E-state index >= 15 is 0 Å². The van der Waals surface area contributed by atoms with Crippen molar-refractivity contribution >= 4 is 17.5 Å². The number of nitrogens with one attached hydrogen (secondary N) is 1. The van der Waals surface area contributed by atoms with Crippen LogP contribution in [0.1, 0.15) is 39.5 Å². The lowest BCUT2D eigenvalue weighted by Crippen LogP contribution is -2.35. The van der Waals surface area contributed by atoms with Crippen LogP contribution in [0, 0.1) is 13.8 Å². The average Bonchev–Trinajstić information content (AvgIpc) is 2.57. The van der Waals surface area contributed by atoms with Gasteiger partial charge in [-0.05, 0) is 48.6 Å². The van der Waals surface area contributed by atoms with Gasteiger partial charge in [0.05, 0.1) is 5.56 Å². The number of benzene rings is 1. The molecule has 0 aliphatic carbocycles. The first-order chi connectivity index (χ1) is 11.5. The largest absolute Gasteiger partial charge is 0.338 e. The third-order valence-electron chi connectivity index (χ3n) is 4.47. The summed E-state index contributed by atoms with van der Waals surface area (Å²) in [5.41, 5.74) is 5.47. The van der Waals surface area contributed by atoms with Crippen molar-refractivity contribution in [2.75, 3.05) is 11.9 Å². The number of hydrogen-bond donors (Lipinski definition) is 1. The van der Waals surface area contributed by atoms with Crippen molar-refractivity contribution in [2.45, 2.75) is 33.7 Å². The molecular formula is C19H21N3O2. The quantitative estimate of drug-likeness (QED) is 0.924. The molecule has 0 saturated heterocycles. The highest BCUT2D eigenvalue weighted by Crippen LogP contribution is 2.23. The van der Waals surface area contributed by atoms with E-state index < -0.39 is 0 Å². The monoisotopic (exact) mass is 323 g/mol. The zero-order valence-corrected chi connectivity index (χ0v) is 14.2. The smallest absolute Gasteiger partial charge is 0.257 e. The van der Waals surface area contributed by atoms with Crippen LogP contribution >= 0.6 is 0 Å². The van der Waals surface area contributed by atoms with Crippen LogP contribution < -0.4 is 5.32 Å². The van der Waals surface area contributed by atoms with Crippen LogP contribution in [-0.4, -0.2) is 28.2 Å². The summed E-state index contributed by atoms with van der Waals surface area (Å²) >= 11 is 0. The number of hydrogen-bond acceptors (Lipinski definition) is 3. The maximum absolute atomic E-state index is 12.7. The molecule has 1 aliphatic heterocycles. The van der Waals surface area contributed by atoms with Crippen molar-refractivity contribution < 1.29 is 9.59 Å². The summed E-state index contributed by atoms with van der Waals surface area (Å²) in [7, 11) is 0. The molecule has 2 aromatic rings. The maximum atomic E-state index is 12.7. The van der Waals surface area contributed by atoms with Gasteiger partial charge in [0, 0.05) is 38.1 Å². The van der Waals surface area contributed by atoms with Crippen LogP contribution in [0.4, 0.5) is 5.69 Å². The van der Waals surface area contributed by atoms with E-state index in [1.165, 1.54) is 0 Å². The highest BCUT2D eigenvalue weighted by molar-refractivity contribution is 6.05. The molecule has 0 bridgehead atoms. The standard InChI is InChI=1S/C19H21N3O2/c1-12-4-5-13(2)18(8-12)21-19(24)17-10-20-9-15-11-22(14(3)23)7-6-16(15)17/h4-5,8-10H,6-7,11H2,1-3H3,(H,21,24). The van der Waals surface area contributed by atoms with Crippen LogP contribution in [0.15, 0.2) is 30.6 Å². The Morgan fingerprint density at radius 1 is 1.21 bits per heavy atom. The van der Waals surface area contributed by atoms with E-state index in [1.807, 2.05) is 32.0 Å². The molecule has 1 aliphatic rings. The Hall–Kier alpha value is -2.69. The molecule has 0 fully saturated rings. The first kappa shape index (κ1) is 16.2. The Morgan fingerprint density at radius 2 is 2.00 bits per heavy atom. The number of pyridine rings is 1. The van der Waals surface area contributed by atoms with Crippen LogP contribution in [0.3, 0.4) is 0 Å². The topological polar surface area (TPSA) is 62.3 Å². The molecule has 0 radical (unpaired) electrons. The van der Waals surface area contributed by atoms with Gasteiger partial charge in [0.25, 0.3) is 5.91 Å². The third kappa shape index (κ3) is 3.15. The van der Waals surface area contributed by atoms with Gasteiger partial charge < -0.3 is 10.2 Å². The molecule has 3 rings (SSSR count). The normalized spacial score (nSPS) is 13.4. The van der Waals surface area contributed by atoms with E-state index in [0.29, 0.717) is 25.1 Å². The number of fused-ring (bicyclic) bond motifs is 1. The summed E-state index contributed by atoms with van der Waals surface area (Å²) in [4.78, 5) is 30.3. The number of rotatable bonds is 2. The second kappa shape index (κ2) is 6.43. The molecule has 1 aromatic carbocycles. The first-order valence-electron chi connectivity index (χ1n) is 8.05. The van der Waals surface area contributed by atoms with Crippen molar-refractivity contribution in [2.24, 2.45) is 0 Å². The minimum Gasteiger partial charge on any atom is -0.338 e. The highest BCUT2D eigenvalue weighted by Gasteiger charge is 2.23. The molecule has 5 nitrogen and oxygen atoms in total. The predicted molar refractivity (Wildman–Crippen MR) is 92.9 cm³/mol. The fourth-order valence-electron chi connectivity index (χ4n) is 3.02. The molecule has 0 spiro atoms. The summed E-state index contributed by atoms with van der Waals surface area (Å²) < 4.78 is 0. The third-order valence-corrected chi connectivity index (χ3v) is 4.47. The van der Waals surface area contributed by atoms with Crippen molar-refractivity contribution in [3.8, 4) is 0 Å². The number of nitrogens with zero attached hydrogens (tertiary/aromatic N) is 2. The van der Waals surface area contributed by atoms with Gasteiger partial charge >= 0.3 is 0 Å². The van der Waals surface area contributed by atoms with Gasteiger partial charge in [-0.25, -0.2) is 0 Å². The molecule has 1 N–H and O–H groups in total. The minimum absolute atomic E-state index is 0.0471. The lowest BCUT2D eigenvalue weighted by molar-refractivity contribution is -0.129. The second-order valence-corrected chi connectivity index (χ2v) is 6.29. The summed E-state index contributed by atoms with van der Waals surface area (Å²) in [5, 5.41) is 2.99. The molecule has 24 heavy (non-hydrogen) atoms. The van der Waals surface area contributed by atoms with E-state index in [1.54, 1.807) is 24.2 Å². The van der Waals surface area contributed by atoms with Gasteiger partial charge in [0.1, 0.15) is 0 Å². The van der Waals surface area contributed by atoms with Gasteiger partial charge in [-0.3, -0.25) is 14.6 Å². The molecule has 0 unspecified atom stereocenters. The average molecular weight is 323 g/mol. The van der Waals surface area contributed by atoms with E-state index in [4.69, 9.17) is 0 Å². The van der Waals surface area contributed by atoms with E-state index in [2.05, 4.69) is 10.3 Å². The minimum atomic E-state index is -0.149. The number of aromatic nitrogens is 1. The number of carbonyl (C=O) groups is 2. The van der Waals surface area contributed by atoms with Crippen molar-refractivity contribution in [3.63, 3.8) is 0 Å². The van der Waals surface area contributed by atoms with E-state index in [0.717, 1.165) is 27.9 Å². The molecular weight excluding hydrogens is 302 g/mol. The van der Waals surface area contributed by atoms with Gasteiger partial charge in [-0.2, -0.15) is 0 Å².